The van der Waals surface area contributed by atoms with Crippen molar-refractivity contribution in [2.75, 3.05) is 6.61 Å². The molecule has 0 heterocycles. The molecule has 0 bridgehead atoms. The highest BCUT2D eigenvalue weighted by Crippen LogP contribution is 2.20. The average Bonchev–Trinajstić information content (AvgIpc) is 2.28. The quantitative estimate of drug-likeness (QED) is 0.607. The summed E-state index contributed by atoms with van der Waals surface area (Å²) >= 11 is 6.20. The Balaban J connectivity index is 2.73. The molecular weight excluding hydrogens is 236 g/mol. The van der Waals surface area contributed by atoms with E-state index in [0.717, 1.165) is 22.6 Å². The first-order valence-corrected chi connectivity index (χ1v) is 6.29. The van der Waals surface area contributed by atoms with Crippen LogP contribution in [0, 0.1) is 6.92 Å². The normalized spacial score (nSPS) is 14.6. The molecule has 1 aromatic carbocycles. The summed E-state index contributed by atoms with van der Waals surface area (Å²) in [6.07, 6.45) is 0.818. The summed E-state index contributed by atoms with van der Waals surface area (Å²) in [5.74, 6) is 5.56. The van der Waals surface area contributed by atoms with Crippen LogP contribution in [0.25, 0.3) is 0 Å². The maximum atomic E-state index is 6.20. The van der Waals surface area contributed by atoms with Gasteiger partial charge in [0.05, 0.1) is 12.1 Å². The van der Waals surface area contributed by atoms with Crippen LogP contribution < -0.4 is 11.3 Å². The van der Waals surface area contributed by atoms with E-state index in [9.17, 15) is 0 Å². The molecule has 0 fully saturated rings. The lowest BCUT2D eigenvalue weighted by Gasteiger charge is -2.23. The van der Waals surface area contributed by atoms with Crippen LogP contribution in [-0.4, -0.2) is 18.8 Å². The Morgan fingerprint density at radius 1 is 1.47 bits per heavy atom. The minimum Gasteiger partial charge on any atom is -0.377 e. The molecular formula is C13H21ClN2O. The fourth-order valence-electron chi connectivity index (χ4n) is 1.79. The van der Waals surface area contributed by atoms with Crippen LogP contribution in [0.3, 0.4) is 0 Å². The standard InChI is InChI=1S/C13H21ClN2O/c1-4-17-10(3)13(16-15)8-11-6-5-9(2)7-12(11)14/h5-7,10,13,16H,4,8,15H2,1-3H3. The third-order valence-electron chi connectivity index (χ3n) is 2.86. The molecule has 0 spiro atoms. The number of halogens is 1. The molecule has 3 nitrogen and oxygen atoms in total. The van der Waals surface area contributed by atoms with E-state index in [2.05, 4.69) is 11.5 Å². The molecule has 0 saturated carbocycles. The van der Waals surface area contributed by atoms with E-state index in [-0.39, 0.29) is 12.1 Å². The van der Waals surface area contributed by atoms with Crippen molar-refractivity contribution in [1.82, 2.24) is 5.43 Å². The molecule has 17 heavy (non-hydrogen) atoms. The van der Waals surface area contributed by atoms with Crippen molar-refractivity contribution in [3.63, 3.8) is 0 Å². The minimum atomic E-state index is 0.0577. The van der Waals surface area contributed by atoms with E-state index in [1.807, 2.05) is 32.9 Å². The predicted molar refractivity (Wildman–Crippen MR) is 72.1 cm³/mol. The lowest BCUT2D eigenvalue weighted by Crippen LogP contribution is -2.45. The van der Waals surface area contributed by atoms with Gasteiger partial charge in [0.25, 0.3) is 0 Å². The Labute approximate surface area is 108 Å². The van der Waals surface area contributed by atoms with Crippen LogP contribution in [0.2, 0.25) is 5.02 Å². The smallest absolute Gasteiger partial charge is 0.0716 e. The third-order valence-corrected chi connectivity index (χ3v) is 3.21. The number of hydrogen-bond donors (Lipinski definition) is 2. The summed E-state index contributed by atoms with van der Waals surface area (Å²) in [5.41, 5.74) is 5.04. The van der Waals surface area contributed by atoms with Crippen LogP contribution in [0.15, 0.2) is 18.2 Å². The van der Waals surface area contributed by atoms with Crippen LogP contribution in [0.1, 0.15) is 25.0 Å². The van der Waals surface area contributed by atoms with Crippen LogP contribution in [0.5, 0.6) is 0 Å². The zero-order valence-corrected chi connectivity index (χ0v) is 11.4. The van der Waals surface area contributed by atoms with Crippen molar-refractivity contribution >= 4 is 11.6 Å². The van der Waals surface area contributed by atoms with Crippen molar-refractivity contribution in [3.8, 4) is 0 Å². The van der Waals surface area contributed by atoms with E-state index in [4.69, 9.17) is 22.2 Å². The number of ether oxygens (including phenoxy) is 1. The molecule has 2 unspecified atom stereocenters. The van der Waals surface area contributed by atoms with E-state index < -0.39 is 0 Å². The van der Waals surface area contributed by atoms with E-state index in [1.165, 1.54) is 0 Å². The monoisotopic (exact) mass is 256 g/mol. The number of hydrogen-bond acceptors (Lipinski definition) is 3. The maximum absolute atomic E-state index is 6.20. The Kier molecular flexibility index (Phi) is 5.92. The van der Waals surface area contributed by atoms with Crippen LogP contribution >= 0.6 is 11.6 Å². The second-order valence-electron chi connectivity index (χ2n) is 4.23. The van der Waals surface area contributed by atoms with Gasteiger partial charge in [0.1, 0.15) is 0 Å². The molecule has 2 atom stereocenters. The van der Waals surface area contributed by atoms with Gasteiger partial charge in [-0.15, -0.1) is 0 Å². The predicted octanol–water partition coefficient (Wildman–Crippen LogP) is 2.45. The molecule has 0 amide bonds. The van der Waals surface area contributed by atoms with Gasteiger partial charge in [-0.05, 0) is 44.4 Å². The summed E-state index contributed by atoms with van der Waals surface area (Å²) in [4.78, 5) is 0. The lowest BCUT2D eigenvalue weighted by atomic mass is 10.0. The second kappa shape index (κ2) is 6.97. The molecule has 0 aliphatic heterocycles. The van der Waals surface area contributed by atoms with Crippen molar-refractivity contribution < 1.29 is 4.74 Å². The van der Waals surface area contributed by atoms with E-state index >= 15 is 0 Å². The fourth-order valence-corrected chi connectivity index (χ4v) is 2.11. The van der Waals surface area contributed by atoms with Gasteiger partial charge >= 0.3 is 0 Å². The zero-order chi connectivity index (χ0) is 12.8. The number of aryl methyl sites for hydroxylation is 1. The Morgan fingerprint density at radius 2 is 2.18 bits per heavy atom. The molecule has 1 aromatic rings. The largest absolute Gasteiger partial charge is 0.377 e. The van der Waals surface area contributed by atoms with Gasteiger partial charge in [0, 0.05) is 11.6 Å². The SMILES string of the molecule is CCOC(C)C(Cc1ccc(C)cc1Cl)NN. The molecule has 3 N–H and O–H groups in total. The number of nitrogens with two attached hydrogens (primary N) is 1. The van der Waals surface area contributed by atoms with Crippen molar-refractivity contribution in [2.45, 2.75) is 39.3 Å². The first-order chi connectivity index (χ1) is 8.08. The Morgan fingerprint density at radius 3 is 2.71 bits per heavy atom. The zero-order valence-electron chi connectivity index (χ0n) is 10.7. The highest BCUT2D eigenvalue weighted by Gasteiger charge is 2.17. The maximum Gasteiger partial charge on any atom is 0.0716 e. The van der Waals surface area contributed by atoms with Crippen molar-refractivity contribution in [2.24, 2.45) is 5.84 Å². The summed E-state index contributed by atoms with van der Waals surface area (Å²) in [6, 6.07) is 6.13. The van der Waals surface area contributed by atoms with Gasteiger partial charge in [-0.1, -0.05) is 23.7 Å². The van der Waals surface area contributed by atoms with Crippen molar-refractivity contribution in [1.29, 1.82) is 0 Å². The van der Waals surface area contributed by atoms with Gasteiger partial charge in [0.2, 0.25) is 0 Å². The highest BCUT2D eigenvalue weighted by molar-refractivity contribution is 6.31. The van der Waals surface area contributed by atoms with Gasteiger partial charge in [-0.25, -0.2) is 0 Å². The minimum absolute atomic E-state index is 0.0577. The molecule has 0 saturated heterocycles. The van der Waals surface area contributed by atoms with E-state index in [0.29, 0.717) is 6.61 Å². The molecule has 4 heteroatoms. The molecule has 0 aromatic heterocycles. The first-order valence-electron chi connectivity index (χ1n) is 5.91. The first kappa shape index (κ1) is 14.5. The average molecular weight is 257 g/mol. The van der Waals surface area contributed by atoms with Crippen LogP contribution in [-0.2, 0) is 11.2 Å². The summed E-state index contributed by atoms with van der Waals surface area (Å²) in [5, 5.41) is 0.786. The fraction of sp³-hybridized carbons (Fsp3) is 0.538. The van der Waals surface area contributed by atoms with Gasteiger partial charge in [-0.3, -0.25) is 11.3 Å². The van der Waals surface area contributed by atoms with Gasteiger partial charge in [0.15, 0.2) is 0 Å². The number of hydrazine groups is 1. The number of rotatable bonds is 6. The Bertz CT molecular complexity index is 357. The van der Waals surface area contributed by atoms with E-state index in [1.54, 1.807) is 0 Å². The second-order valence-corrected chi connectivity index (χ2v) is 4.64. The molecule has 0 aliphatic rings. The number of benzene rings is 1. The molecule has 0 radical (unpaired) electrons. The van der Waals surface area contributed by atoms with Gasteiger partial charge < -0.3 is 4.74 Å². The van der Waals surface area contributed by atoms with Gasteiger partial charge in [-0.2, -0.15) is 0 Å². The number of nitrogens with one attached hydrogen (secondary N) is 1. The summed E-state index contributed by atoms with van der Waals surface area (Å²) < 4.78 is 5.55. The van der Waals surface area contributed by atoms with Crippen LogP contribution in [0.4, 0.5) is 0 Å². The topological polar surface area (TPSA) is 47.3 Å². The molecule has 96 valence electrons. The summed E-state index contributed by atoms with van der Waals surface area (Å²) in [7, 11) is 0. The lowest BCUT2D eigenvalue weighted by molar-refractivity contribution is 0.0476. The van der Waals surface area contributed by atoms with Crippen molar-refractivity contribution in [3.05, 3.63) is 34.3 Å². The molecule has 1 rings (SSSR count). The third kappa shape index (κ3) is 4.28. The summed E-state index contributed by atoms with van der Waals surface area (Å²) in [6.45, 7) is 6.69. The highest BCUT2D eigenvalue weighted by atomic mass is 35.5. The molecule has 0 aliphatic carbocycles. The Hall–Kier alpha value is -0.610.